The van der Waals surface area contributed by atoms with Gasteiger partial charge in [0, 0.05) is 13.0 Å². The standard InChI is InChI=1S/C17H19NO2/c1-11(19)18-13-7-8-15-16(10-13)14-6-4-3-5-12(14)9-17(15)20-2/h3-6,9,13H,7-8,10H2,1-2H3,(H,18,19). The van der Waals surface area contributed by atoms with Crippen molar-refractivity contribution in [1.82, 2.24) is 5.32 Å². The van der Waals surface area contributed by atoms with Crippen LogP contribution in [-0.2, 0) is 17.6 Å². The van der Waals surface area contributed by atoms with Crippen molar-refractivity contribution in [1.29, 1.82) is 0 Å². The Morgan fingerprint density at radius 3 is 2.85 bits per heavy atom. The predicted molar refractivity (Wildman–Crippen MR) is 80.1 cm³/mol. The van der Waals surface area contributed by atoms with Crippen LogP contribution in [0.15, 0.2) is 30.3 Å². The highest BCUT2D eigenvalue weighted by atomic mass is 16.5. The maximum Gasteiger partial charge on any atom is 0.217 e. The minimum absolute atomic E-state index is 0.0469. The number of benzene rings is 2. The Morgan fingerprint density at radius 2 is 2.10 bits per heavy atom. The minimum atomic E-state index is 0.0469. The first kappa shape index (κ1) is 13.0. The fourth-order valence-corrected chi connectivity index (χ4v) is 3.20. The first-order chi connectivity index (χ1) is 9.69. The average Bonchev–Trinajstić information content (AvgIpc) is 2.45. The van der Waals surface area contributed by atoms with Crippen LogP contribution in [0.4, 0.5) is 0 Å². The lowest BCUT2D eigenvalue weighted by molar-refractivity contribution is -0.119. The number of carbonyl (C=O) groups excluding carboxylic acids is 1. The first-order valence-corrected chi connectivity index (χ1v) is 7.03. The highest BCUT2D eigenvalue weighted by Crippen LogP contribution is 2.36. The Hall–Kier alpha value is -2.03. The molecule has 0 saturated carbocycles. The van der Waals surface area contributed by atoms with Gasteiger partial charge in [-0.3, -0.25) is 4.79 Å². The molecule has 104 valence electrons. The molecular formula is C17H19NO2. The summed E-state index contributed by atoms with van der Waals surface area (Å²) in [5.41, 5.74) is 2.62. The Morgan fingerprint density at radius 1 is 1.30 bits per heavy atom. The molecule has 1 aliphatic carbocycles. The summed E-state index contributed by atoms with van der Waals surface area (Å²) in [4.78, 5) is 11.3. The summed E-state index contributed by atoms with van der Waals surface area (Å²) in [7, 11) is 1.73. The minimum Gasteiger partial charge on any atom is -0.496 e. The predicted octanol–water partition coefficient (Wildman–Crippen LogP) is 2.84. The number of ether oxygens (including phenoxy) is 1. The zero-order chi connectivity index (χ0) is 14.1. The van der Waals surface area contributed by atoms with Gasteiger partial charge in [-0.1, -0.05) is 24.3 Å². The van der Waals surface area contributed by atoms with E-state index in [1.54, 1.807) is 14.0 Å². The lowest BCUT2D eigenvalue weighted by atomic mass is 9.84. The maximum atomic E-state index is 11.3. The summed E-state index contributed by atoms with van der Waals surface area (Å²) in [6.45, 7) is 1.58. The van der Waals surface area contributed by atoms with E-state index in [-0.39, 0.29) is 11.9 Å². The number of methoxy groups -OCH3 is 1. The summed E-state index contributed by atoms with van der Waals surface area (Å²) < 4.78 is 5.55. The van der Waals surface area contributed by atoms with Crippen LogP contribution in [0.1, 0.15) is 24.5 Å². The van der Waals surface area contributed by atoms with Crippen LogP contribution in [-0.4, -0.2) is 19.1 Å². The van der Waals surface area contributed by atoms with Crippen molar-refractivity contribution in [2.75, 3.05) is 7.11 Å². The molecule has 3 nitrogen and oxygen atoms in total. The highest BCUT2D eigenvalue weighted by molar-refractivity contribution is 5.89. The van der Waals surface area contributed by atoms with Crippen molar-refractivity contribution in [2.45, 2.75) is 32.2 Å². The van der Waals surface area contributed by atoms with Gasteiger partial charge in [0.1, 0.15) is 5.75 Å². The molecule has 1 unspecified atom stereocenters. The number of amides is 1. The monoisotopic (exact) mass is 269 g/mol. The van der Waals surface area contributed by atoms with Crippen LogP contribution in [0.3, 0.4) is 0 Å². The van der Waals surface area contributed by atoms with Gasteiger partial charge in [-0.05, 0) is 47.2 Å². The smallest absolute Gasteiger partial charge is 0.217 e. The molecule has 0 radical (unpaired) electrons. The third kappa shape index (κ3) is 2.24. The third-order valence-corrected chi connectivity index (χ3v) is 4.05. The lowest BCUT2D eigenvalue weighted by Gasteiger charge is -2.27. The van der Waals surface area contributed by atoms with E-state index in [4.69, 9.17) is 4.74 Å². The number of rotatable bonds is 2. The van der Waals surface area contributed by atoms with E-state index in [1.165, 1.54) is 21.9 Å². The van der Waals surface area contributed by atoms with E-state index in [9.17, 15) is 4.79 Å². The van der Waals surface area contributed by atoms with Crippen LogP contribution in [0.2, 0.25) is 0 Å². The van der Waals surface area contributed by atoms with E-state index in [2.05, 4.69) is 29.6 Å². The molecule has 0 spiro atoms. The Bertz CT molecular complexity index is 663. The van der Waals surface area contributed by atoms with E-state index in [1.807, 2.05) is 6.07 Å². The van der Waals surface area contributed by atoms with Crippen LogP contribution >= 0.6 is 0 Å². The fourth-order valence-electron chi connectivity index (χ4n) is 3.20. The van der Waals surface area contributed by atoms with E-state index < -0.39 is 0 Å². The van der Waals surface area contributed by atoms with Crippen molar-refractivity contribution in [3.63, 3.8) is 0 Å². The molecule has 3 rings (SSSR count). The molecule has 20 heavy (non-hydrogen) atoms. The Balaban J connectivity index is 2.10. The zero-order valence-corrected chi connectivity index (χ0v) is 11.9. The number of fused-ring (bicyclic) bond motifs is 3. The molecule has 1 N–H and O–H groups in total. The topological polar surface area (TPSA) is 38.3 Å². The molecular weight excluding hydrogens is 250 g/mol. The van der Waals surface area contributed by atoms with Gasteiger partial charge in [0.25, 0.3) is 0 Å². The zero-order valence-electron chi connectivity index (χ0n) is 11.9. The molecule has 1 amide bonds. The van der Waals surface area contributed by atoms with Crippen molar-refractivity contribution in [2.24, 2.45) is 0 Å². The van der Waals surface area contributed by atoms with Gasteiger partial charge in [-0.25, -0.2) is 0 Å². The van der Waals surface area contributed by atoms with Crippen molar-refractivity contribution in [3.8, 4) is 5.75 Å². The fraction of sp³-hybridized carbons (Fsp3) is 0.353. The second-order valence-corrected chi connectivity index (χ2v) is 5.40. The van der Waals surface area contributed by atoms with E-state index in [0.717, 1.165) is 25.0 Å². The third-order valence-electron chi connectivity index (χ3n) is 4.05. The quantitative estimate of drug-likeness (QED) is 0.910. The van der Waals surface area contributed by atoms with Crippen molar-refractivity contribution < 1.29 is 9.53 Å². The summed E-state index contributed by atoms with van der Waals surface area (Å²) in [5, 5.41) is 5.52. The second kappa shape index (κ2) is 5.16. The van der Waals surface area contributed by atoms with Gasteiger partial charge in [-0.2, -0.15) is 0 Å². The van der Waals surface area contributed by atoms with Crippen LogP contribution < -0.4 is 10.1 Å². The molecule has 1 atom stereocenters. The molecule has 0 bridgehead atoms. The van der Waals surface area contributed by atoms with Gasteiger partial charge < -0.3 is 10.1 Å². The van der Waals surface area contributed by atoms with Gasteiger partial charge >= 0.3 is 0 Å². The molecule has 1 aliphatic rings. The molecule has 0 aromatic heterocycles. The van der Waals surface area contributed by atoms with Gasteiger partial charge in [0.05, 0.1) is 7.11 Å². The van der Waals surface area contributed by atoms with E-state index in [0.29, 0.717) is 0 Å². The first-order valence-electron chi connectivity index (χ1n) is 7.03. The summed E-state index contributed by atoms with van der Waals surface area (Å²) >= 11 is 0. The molecule has 2 aromatic rings. The van der Waals surface area contributed by atoms with Gasteiger partial charge in [-0.15, -0.1) is 0 Å². The number of hydrogen-bond donors (Lipinski definition) is 1. The van der Waals surface area contributed by atoms with Crippen molar-refractivity contribution in [3.05, 3.63) is 41.5 Å². The summed E-state index contributed by atoms with van der Waals surface area (Å²) in [6.07, 6.45) is 2.81. The summed E-state index contributed by atoms with van der Waals surface area (Å²) in [6, 6.07) is 10.7. The normalized spacial score (nSPS) is 17.6. The molecule has 0 aliphatic heterocycles. The summed E-state index contributed by atoms with van der Waals surface area (Å²) in [5.74, 6) is 1.02. The van der Waals surface area contributed by atoms with E-state index >= 15 is 0 Å². The Kier molecular flexibility index (Phi) is 3.35. The van der Waals surface area contributed by atoms with Crippen LogP contribution in [0.25, 0.3) is 10.8 Å². The van der Waals surface area contributed by atoms with Gasteiger partial charge in [0.15, 0.2) is 0 Å². The number of hydrogen-bond acceptors (Lipinski definition) is 2. The second-order valence-electron chi connectivity index (χ2n) is 5.40. The Labute approximate surface area is 118 Å². The molecule has 0 fully saturated rings. The maximum absolute atomic E-state index is 11.3. The number of nitrogens with one attached hydrogen (secondary N) is 1. The molecule has 0 saturated heterocycles. The molecule has 2 aromatic carbocycles. The SMILES string of the molecule is COc1cc2ccccc2c2c1CCC(NC(C)=O)C2. The highest BCUT2D eigenvalue weighted by Gasteiger charge is 2.23. The van der Waals surface area contributed by atoms with Crippen molar-refractivity contribution >= 4 is 16.7 Å². The number of carbonyl (C=O) groups is 1. The lowest BCUT2D eigenvalue weighted by Crippen LogP contribution is -2.37. The largest absolute Gasteiger partial charge is 0.496 e. The average molecular weight is 269 g/mol. The van der Waals surface area contributed by atoms with Gasteiger partial charge in [0.2, 0.25) is 5.91 Å². The molecule has 0 heterocycles. The van der Waals surface area contributed by atoms with Crippen LogP contribution in [0.5, 0.6) is 5.75 Å². The molecule has 3 heteroatoms. The van der Waals surface area contributed by atoms with Crippen LogP contribution in [0, 0.1) is 0 Å².